The van der Waals surface area contributed by atoms with Crippen molar-refractivity contribution in [3.63, 3.8) is 0 Å². The Kier molecular flexibility index (Phi) is 44.3. The lowest BCUT2D eigenvalue weighted by atomic mass is 10.0. The van der Waals surface area contributed by atoms with Gasteiger partial charge in [0.1, 0.15) is 13.2 Å². The van der Waals surface area contributed by atoms with Gasteiger partial charge in [0.2, 0.25) is 5.91 Å². The fourth-order valence-electron chi connectivity index (χ4n) is 8.34. The van der Waals surface area contributed by atoms with Crippen LogP contribution in [-0.4, -0.2) is 68.5 Å². The van der Waals surface area contributed by atoms with Gasteiger partial charge in [-0.05, 0) is 12.8 Å². The lowest BCUT2D eigenvalue weighted by Crippen LogP contribution is -2.46. The second kappa shape index (κ2) is 44.7. The normalized spacial score (nSPS) is 14.0. The van der Waals surface area contributed by atoms with Crippen LogP contribution in [0, 0.1) is 0 Å². The minimum atomic E-state index is -4.56. The third-order valence-corrected chi connectivity index (χ3v) is 13.6. The van der Waals surface area contributed by atoms with Crippen molar-refractivity contribution in [2.45, 2.75) is 289 Å². The maximum Gasteiger partial charge on any atom is 0.268 e. The van der Waals surface area contributed by atoms with Crippen molar-refractivity contribution < 1.29 is 32.9 Å². The van der Waals surface area contributed by atoms with E-state index >= 15 is 0 Å². The van der Waals surface area contributed by atoms with Crippen LogP contribution in [0.1, 0.15) is 277 Å². The molecule has 61 heavy (non-hydrogen) atoms. The molecule has 8 nitrogen and oxygen atoms in total. The highest BCUT2D eigenvalue weighted by molar-refractivity contribution is 7.45. The van der Waals surface area contributed by atoms with Gasteiger partial charge in [0, 0.05) is 6.42 Å². The molecule has 0 bridgehead atoms. The summed E-state index contributed by atoms with van der Waals surface area (Å²) in [5.41, 5.74) is 0. The molecule has 1 unspecified atom stereocenters. The summed E-state index contributed by atoms with van der Waals surface area (Å²) in [5, 5.41) is 13.9. The van der Waals surface area contributed by atoms with Crippen LogP contribution in [0.2, 0.25) is 0 Å². The second-order valence-electron chi connectivity index (χ2n) is 20.0. The summed E-state index contributed by atoms with van der Waals surface area (Å²) in [5.74, 6) is -0.160. The summed E-state index contributed by atoms with van der Waals surface area (Å²) in [4.78, 5) is 25.4. The molecule has 2 N–H and O–H groups in total. The van der Waals surface area contributed by atoms with E-state index in [1.807, 2.05) is 21.1 Å². The van der Waals surface area contributed by atoms with Crippen molar-refractivity contribution in [2.24, 2.45) is 0 Å². The van der Waals surface area contributed by atoms with E-state index in [4.69, 9.17) is 9.05 Å². The van der Waals surface area contributed by atoms with E-state index in [1.54, 1.807) is 0 Å². The van der Waals surface area contributed by atoms with E-state index in [2.05, 4.69) is 19.2 Å². The fourth-order valence-corrected chi connectivity index (χ4v) is 9.06. The first-order chi connectivity index (χ1) is 29.5. The van der Waals surface area contributed by atoms with Crippen LogP contribution in [0.4, 0.5) is 0 Å². The molecule has 0 rings (SSSR count). The number of amides is 1. The van der Waals surface area contributed by atoms with Crippen LogP contribution in [0.3, 0.4) is 0 Å². The summed E-state index contributed by atoms with van der Waals surface area (Å²) in [7, 11) is 1.32. The van der Waals surface area contributed by atoms with E-state index in [-0.39, 0.29) is 19.1 Å². The number of nitrogens with zero attached hydrogens (tertiary/aromatic N) is 1. The van der Waals surface area contributed by atoms with Crippen molar-refractivity contribution in [3.8, 4) is 0 Å². The van der Waals surface area contributed by atoms with Crippen LogP contribution >= 0.6 is 7.82 Å². The molecule has 0 saturated heterocycles. The quantitative estimate of drug-likeness (QED) is 0.0358. The Labute approximate surface area is 380 Å². The number of phosphoric acid groups is 1. The zero-order valence-corrected chi connectivity index (χ0v) is 42.5. The van der Waals surface area contributed by atoms with Crippen molar-refractivity contribution in [1.82, 2.24) is 5.32 Å². The van der Waals surface area contributed by atoms with Crippen LogP contribution in [0.5, 0.6) is 0 Å². The molecule has 0 aliphatic carbocycles. The Morgan fingerprint density at radius 1 is 0.508 bits per heavy atom. The number of hydrogen-bond acceptors (Lipinski definition) is 6. The zero-order valence-electron chi connectivity index (χ0n) is 41.7. The smallest absolute Gasteiger partial charge is 0.268 e. The van der Waals surface area contributed by atoms with Gasteiger partial charge in [0.05, 0.1) is 39.9 Å². The van der Waals surface area contributed by atoms with Crippen molar-refractivity contribution in [1.29, 1.82) is 0 Å². The van der Waals surface area contributed by atoms with Crippen LogP contribution in [0.25, 0.3) is 0 Å². The van der Waals surface area contributed by atoms with E-state index in [9.17, 15) is 19.4 Å². The van der Waals surface area contributed by atoms with E-state index in [0.29, 0.717) is 23.9 Å². The highest BCUT2D eigenvalue weighted by Crippen LogP contribution is 2.38. The first-order valence-corrected chi connectivity index (χ1v) is 28.3. The molecule has 3 atom stereocenters. The van der Waals surface area contributed by atoms with E-state index in [1.165, 1.54) is 212 Å². The SMILES string of the molecule is CCCCCCCCCCCCCCCCCCCCCCCCCCCCCCCC(=O)N[C@@H](COP(=O)([O-])OCC[N+](C)(C)C)[C@H](O)CCCCCCCCCCCC. The average molecular weight is 887 g/mol. The lowest BCUT2D eigenvalue weighted by Gasteiger charge is -2.30. The number of likely N-dealkylation sites (N-methyl/N-ethyl adjacent to an activating group) is 1. The Balaban J connectivity index is 3.95. The first-order valence-electron chi connectivity index (χ1n) is 26.9. The Morgan fingerprint density at radius 2 is 0.803 bits per heavy atom. The number of carbonyl (C=O) groups excluding carboxylic acids is 1. The molecule has 0 saturated carbocycles. The number of hydrogen-bond donors (Lipinski definition) is 2. The van der Waals surface area contributed by atoms with Gasteiger partial charge in [0.25, 0.3) is 7.82 Å². The summed E-state index contributed by atoms with van der Waals surface area (Å²) in [6.45, 7) is 4.74. The summed E-state index contributed by atoms with van der Waals surface area (Å²) < 4.78 is 23.3. The number of unbranched alkanes of at least 4 members (excludes halogenated alkanes) is 37. The monoisotopic (exact) mass is 887 g/mol. The third-order valence-electron chi connectivity index (χ3n) is 12.6. The van der Waals surface area contributed by atoms with Crippen molar-refractivity contribution >= 4 is 13.7 Å². The van der Waals surface area contributed by atoms with Crippen LogP contribution < -0.4 is 10.2 Å². The largest absolute Gasteiger partial charge is 0.756 e. The molecule has 0 spiro atoms. The van der Waals surface area contributed by atoms with Crippen LogP contribution in [-0.2, 0) is 18.4 Å². The lowest BCUT2D eigenvalue weighted by molar-refractivity contribution is -0.870. The van der Waals surface area contributed by atoms with Crippen molar-refractivity contribution in [3.05, 3.63) is 0 Å². The minimum absolute atomic E-state index is 0.0160. The molecule has 0 radical (unpaired) electrons. The average Bonchev–Trinajstić information content (AvgIpc) is 3.21. The maximum atomic E-state index is 12.9. The van der Waals surface area contributed by atoms with Gasteiger partial charge in [-0.25, -0.2) is 0 Å². The van der Waals surface area contributed by atoms with Gasteiger partial charge in [-0.15, -0.1) is 0 Å². The summed E-state index contributed by atoms with van der Waals surface area (Å²) in [6.07, 6.45) is 51.5. The minimum Gasteiger partial charge on any atom is -0.756 e. The summed E-state index contributed by atoms with van der Waals surface area (Å²) >= 11 is 0. The number of phosphoric ester groups is 1. The Morgan fingerprint density at radius 3 is 1.11 bits per heavy atom. The Bertz CT molecular complexity index is 963. The van der Waals surface area contributed by atoms with E-state index in [0.717, 1.165) is 38.5 Å². The predicted molar refractivity (Wildman–Crippen MR) is 261 cm³/mol. The zero-order chi connectivity index (χ0) is 45.0. The molecule has 0 aromatic rings. The number of rotatable bonds is 50. The number of quaternary nitrogens is 1. The summed E-state index contributed by atoms with van der Waals surface area (Å²) in [6, 6.07) is -0.793. The molecule has 0 fully saturated rings. The molecular formula is C52H107N2O6P. The number of aliphatic hydroxyl groups excluding tert-OH is 1. The van der Waals surface area contributed by atoms with Gasteiger partial charge in [-0.1, -0.05) is 258 Å². The standard InChI is InChI=1S/C52H107N2O6P/c1-6-8-10-12-14-16-18-19-20-21-22-23-24-25-26-27-28-29-30-31-32-33-34-35-36-38-40-42-44-46-52(56)53-50(49-60-61(57,58)59-48-47-54(3,4)5)51(55)45-43-41-39-37-17-15-13-11-9-7-2/h50-51,55H,6-49H2,1-5H3,(H-,53,56,57,58)/t50-,51+/m0/s1. The molecule has 9 heteroatoms. The fraction of sp³-hybridized carbons (Fsp3) is 0.981. The van der Waals surface area contributed by atoms with Gasteiger partial charge in [0.15, 0.2) is 0 Å². The van der Waals surface area contributed by atoms with Gasteiger partial charge >= 0.3 is 0 Å². The van der Waals surface area contributed by atoms with Gasteiger partial charge in [-0.3, -0.25) is 9.36 Å². The topological polar surface area (TPSA) is 108 Å². The highest BCUT2D eigenvalue weighted by Gasteiger charge is 2.24. The Hall–Kier alpha value is -0.500. The number of nitrogens with one attached hydrogen (secondary N) is 1. The maximum absolute atomic E-state index is 12.9. The molecule has 0 aromatic heterocycles. The molecule has 1 amide bonds. The van der Waals surface area contributed by atoms with Gasteiger partial charge in [-0.2, -0.15) is 0 Å². The second-order valence-corrected chi connectivity index (χ2v) is 21.4. The molecule has 0 aromatic carbocycles. The molecule has 366 valence electrons. The van der Waals surface area contributed by atoms with E-state index < -0.39 is 20.0 Å². The molecule has 0 aliphatic heterocycles. The molecule has 0 heterocycles. The highest BCUT2D eigenvalue weighted by atomic mass is 31.2. The number of aliphatic hydroxyl groups is 1. The van der Waals surface area contributed by atoms with Crippen molar-refractivity contribution in [2.75, 3.05) is 40.9 Å². The predicted octanol–water partition coefficient (Wildman–Crippen LogP) is 15.1. The van der Waals surface area contributed by atoms with Crippen LogP contribution in [0.15, 0.2) is 0 Å². The van der Waals surface area contributed by atoms with Gasteiger partial charge < -0.3 is 28.8 Å². The molecule has 0 aliphatic rings. The molecular weight excluding hydrogens is 780 g/mol. The third kappa shape index (κ3) is 47.3. The first kappa shape index (κ1) is 60.5. The number of carbonyl (C=O) groups is 1.